The number of sulfonamides is 1. The first-order valence-corrected chi connectivity index (χ1v) is 12.9. The normalized spacial score (nSPS) is 19.5. The van der Waals surface area contributed by atoms with Gasteiger partial charge in [-0.3, -0.25) is 4.79 Å². The second-order valence-electron chi connectivity index (χ2n) is 8.93. The van der Waals surface area contributed by atoms with Crippen LogP contribution in [-0.2, 0) is 14.8 Å². The van der Waals surface area contributed by atoms with Gasteiger partial charge in [0.25, 0.3) is 0 Å². The first-order valence-electron chi connectivity index (χ1n) is 11.4. The Labute approximate surface area is 196 Å². The molecule has 0 aliphatic carbocycles. The van der Waals surface area contributed by atoms with Crippen LogP contribution in [0.1, 0.15) is 39.5 Å². The highest BCUT2D eigenvalue weighted by atomic mass is 32.2. The third kappa shape index (κ3) is 6.34. The minimum absolute atomic E-state index is 0.00200. The zero-order chi connectivity index (χ0) is 24.0. The van der Waals surface area contributed by atoms with Gasteiger partial charge in [0, 0.05) is 12.6 Å². The van der Waals surface area contributed by atoms with Crippen molar-refractivity contribution in [3.8, 4) is 16.9 Å². The number of nitrogens with zero attached hydrogens (tertiary/aromatic N) is 1. The molecular weight excluding hydrogens is 440 g/mol. The van der Waals surface area contributed by atoms with Gasteiger partial charge in [-0.05, 0) is 73.5 Å². The van der Waals surface area contributed by atoms with E-state index in [2.05, 4.69) is 19.2 Å². The molecule has 180 valence electrons. The van der Waals surface area contributed by atoms with E-state index in [1.165, 1.54) is 0 Å². The Morgan fingerprint density at radius 1 is 1.12 bits per heavy atom. The molecule has 2 aromatic carbocycles. The summed E-state index contributed by atoms with van der Waals surface area (Å²) in [5.41, 5.74) is 1.81. The van der Waals surface area contributed by atoms with E-state index < -0.39 is 22.0 Å². The highest BCUT2D eigenvalue weighted by molar-refractivity contribution is 7.89. The molecule has 1 aliphatic rings. The average Bonchev–Trinajstić information content (AvgIpc) is 2.81. The number of rotatable bonds is 10. The summed E-state index contributed by atoms with van der Waals surface area (Å²) in [6.45, 7) is 5.34. The number of benzene rings is 2. The van der Waals surface area contributed by atoms with Crippen molar-refractivity contribution in [3.05, 3.63) is 48.5 Å². The predicted molar refractivity (Wildman–Crippen MR) is 129 cm³/mol. The molecule has 0 spiro atoms. The van der Waals surface area contributed by atoms with E-state index >= 15 is 0 Å². The lowest BCUT2D eigenvalue weighted by atomic mass is 9.99. The molecule has 0 bridgehead atoms. The molecule has 3 rings (SSSR count). The van der Waals surface area contributed by atoms with Crippen molar-refractivity contribution in [2.75, 3.05) is 20.2 Å². The molecule has 2 N–H and O–H groups in total. The summed E-state index contributed by atoms with van der Waals surface area (Å²) in [5, 5.41) is 13.2. The lowest BCUT2D eigenvalue weighted by Crippen LogP contribution is -2.54. The van der Waals surface area contributed by atoms with Crippen molar-refractivity contribution in [2.24, 2.45) is 5.92 Å². The molecule has 1 aliphatic heterocycles. The van der Waals surface area contributed by atoms with Crippen molar-refractivity contribution >= 4 is 16.0 Å². The molecule has 1 fully saturated rings. The van der Waals surface area contributed by atoms with Crippen LogP contribution in [0.4, 0.5) is 0 Å². The van der Waals surface area contributed by atoms with E-state index in [0.717, 1.165) is 40.6 Å². The van der Waals surface area contributed by atoms with Crippen LogP contribution in [0.5, 0.6) is 5.75 Å². The Bertz CT molecular complexity index is 1020. The van der Waals surface area contributed by atoms with Crippen LogP contribution in [0.2, 0.25) is 0 Å². The number of hydrogen-bond donors (Lipinski definition) is 2. The standard InChI is InChI=1S/C25H34N2O5S/c1-18(2)5-4-15-26-21-14-16-27(24(17-21)25(28)29)33(30,31)23-12-8-20(9-13-23)19-6-10-22(32-3)11-7-19/h6-13,18,21,24,26H,4-5,14-17H2,1-3H3,(H,28,29)/t21-,24-/m1/s1. The molecule has 0 amide bonds. The van der Waals surface area contributed by atoms with E-state index in [-0.39, 0.29) is 23.9 Å². The van der Waals surface area contributed by atoms with Gasteiger partial charge < -0.3 is 15.2 Å². The van der Waals surface area contributed by atoms with Gasteiger partial charge in [0.2, 0.25) is 10.0 Å². The Hall–Kier alpha value is -2.42. The number of hydrogen-bond acceptors (Lipinski definition) is 5. The summed E-state index contributed by atoms with van der Waals surface area (Å²) in [6, 6.07) is 13.0. The molecule has 0 aromatic heterocycles. The molecular formula is C25H34N2O5S. The molecule has 1 saturated heterocycles. The molecule has 2 aromatic rings. The first kappa shape index (κ1) is 25.2. The Kier molecular flexibility index (Phi) is 8.51. The van der Waals surface area contributed by atoms with Gasteiger partial charge in [-0.1, -0.05) is 38.1 Å². The lowest BCUT2D eigenvalue weighted by Gasteiger charge is -2.36. The summed E-state index contributed by atoms with van der Waals surface area (Å²) in [5.74, 6) is 0.263. The van der Waals surface area contributed by atoms with E-state index in [4.69, 9.17) is 4.74 Å². The zero-order valence-electron chi connectivity index (χ0n) is 19.5. The maximum absolute atomic E-state index is 13.3. The lowest BCUT2D eigenvalue weighted by molar-refractivity contribution is -0.142. The van der Waals surface area contributed by atoms with Crippen molar-refractivity contribution in [1.82, 2.24) is 9.62 Å². The molecule has 0 unspecified atom stereocenters. The fourth-order valence-corrected chi connectivity index (χ4v) is 5.80. The van der Waals surface area contributed by atoms with Gasteiger partial charge in [0.05, 0.1) is 12.0 Å². The number of aliphatic carboxylic acids is 1. The highest BCUT2D eigenvalue weighted by Crippen LogP contribution is 2.28. The van der Waals surface area contributed by atoms with Crippen LogP contribution >= 0.6 is 0 Å². The van der Waals surface area contributed by atoms with Crippen LogP contribution in [0.15, 0.2) is 53.4 Å². The van der Waals surface area contributed by atoms with Crippen LogP contribution in [0.3, 0.4) is 0 Å². The SMILES string of the molecule is COc1ccc(-c2ccc(S(=O)(=O)N3CC[C@@H](NCCCC(C)C)C[C@@H]3C(=O)O)cc2)cc1. The van der Waals surface area contributed by atoms with Crippen LogP contribution in [0, 0.1) is 5.92 Å². The predicted octanol–water partition coefficient (Wildman–Crippen LogP) is 3.99. The quantitative estimate of drug-likeness (QED) is 0.506. The smallest absolute Gasteiger partial charge is 0.322 e. The molecule has 7 nitrogen and oxygen atoms in total. The minimum atomic E-state index is -3.92. The summed E-state index contributed by atoms with van der Waals surface area (Å²) >= 11 is 0. The van der Waals surface area contributed by atoms with E-state index in [1.807, 2.05) is 24.3 Å². The molecule has 33 heavy (non-hydrogen) atoms. The number of nitrogens with one attached hydrogen (secondary N) is 1. The van der Waals surface area contributed by atoms with Gasteiger partial charge in [0.15, 0.2) is 0 Å². The Morgan fingerprint density at radius 2 is 1.73 bits per heavy atom. The number of piperidine rings is 1. The van der Waals surface area contributed by atoms with E-state index in [9.17, 15) is 18.3 Å². The van der Waals surface area contributed by atoms with Crippen LogP contribution in [0.25, 0.3) is 11.1 Å². The third-order valence-electron chi connectivity index (χ3n) is 6.11. The summed E-state index contributed by atoms with van der Waals surface area (Å²) < 4.78 is 32.9. The van der Waals surface area contributed by atoms with Gasteiger partial charge in [0.1, 0.15) is 11.8 Å². The second kappa shape index (κ2) is 11.1. The zero-order valence-corrected chi connectivity index (χ0v) is 20.3. The first-order chi connectivity index (χ1) is 15.7. The number of methoxy groups -OCH3 is 1. The van der Waals surface area contributed by atoms with Crippen molar-refractivity contribution in [3.63, 3.8) is 0 Å². The highest BCUT2D eigenvalue weighted by Gasteiger charge is 2.40. The fraction of sp³-hybridized carbons (Fsp3) is 0.480. The fourth-order valence-electron chi connectivity index (χ4n) is 4.20. The molecule has 0 radical (unpaired) electrons. The summed E-state index contributed by atoms with van der Waals surface area (Å²) in [4.78, 5) is 12.1. The largest absolute Gasteiger partial charge is 0.497 e. The van der Waals surface area contributed by atoms with Gasteiger partial charge in [-0.25, -0.2) is 8.42 Å². The second-order valence-corrected chi connectivity index (χ2v) is 10.8. The van der Waals surface area contributed by atoms with Crippen LogP contribution in [-0.4, -0.2) is 56.1 Å². The Morgan fingerprint density at radius 3 is 2.27 bits per heavy atom. The maximum Gasteiger partial charge on any atom is 0.322 e. The van der Waals surface area contributed by atoms with E-state index in [1.54, 1.807) is 31.4 Å². The number of carboxylic acid groups (broad SMARTS) is 1. The molecule has 0 saturated carbocycles. The topological polar surface area (TPSA) is 95.9 Å². The summed E-state index contributed by atoms with van der Waals surface area (Å²) in [6.07, 6.45) is 2.98. The number of carbonyl (C=O) groups is 1. The number of ether oxygens (including phenoxy) is 1. The Balaban J connectivity index is 1.70. The molecule has 1 heterocycles. The van der Waals surface area contributed by atoms with Crippen molar-refractivity contribution in [2.45, 2.75) is 56.5 Å². The molecule has 2 atom stereocenters. The van der Waals surface area contributed by atoms with Gasteiger partial charge in [-0.2, -0.15) is 4.31 Å². The average molecular weight is 475 g/mol. The number of carboxylic acids is 1. The maximum atomic E-state index is 13.3. The minimum Gasteiger partial charge on any atom is -0.497 e. The van der Waals surface area contributed by atoms with Crippen LogP contribution < -0.4 is 10.1 Å². The monoisotopic (exact) mass is 474 g/mol. The van der Waals surface area contributed by atoms with Crippen molar-refractivity contribution < 1.29 is 23.1 Å². The molecule has 8 heteroatoms. The van der Waals surface area contributed by atoms with Crippen molar-refractivity contribution in [1.29, 1.82) is 0 Å². The van der Waals surface area contributed by atoms with Gasteiger partial charge >= 0.3 is 5.97 Å². The van der Waals surface area contributed by atoms with Gasteiger partial charge in [-0.15, -0.1) is 0 Å². The summed E-state index contributed by atoms with van der Waals surface area (Å²) in [7, 11) is -2.32. The third-order valence-corrected chi connectivity index (χ3v) is 8.04. The van der Waals surface area contributed by atoms with E-state index in [0.29, 0.717) is 12.3 Å².